The molecule has 0 fully saturated rings. The highest BCUT2D eigenvalue weighted by atomic mass is 19.2. The number of aliphatic hydroxyl groups is 1. The lowest BCUT2D eigenvalue weighted by Gasteiger charge is -2.17. The van der Waals surface area contributed by atoms with Crippen molar-refractivity contribution in [1.82, 2.24) is 15.1 Å². The summed E-state index contributed by atoms with van der Waals surface area (Å²) < 4.78 is 41.1. The molecule has 1 aromatic heterocycles. The average Bonchev–Trinajstić information content (AvgIpc) is 2.92. The highest BCUT2D eigenvalue weighted by Crippen LogP contribution is 2.20. The van der Waals surface area contributed by atoms with Crippen molar-refractivity contribution in [2.45, 2.75) is 25.8 Å². The zero-order chi connectivity index (χ0) is 18.0. The number of benzene rings is 1. The summed E-state index contributed by atoms with van der Waals surface area (Å²) in [5.74, 6) is -4.83. The van der Waals surface area contributed by atoms with Crippen molar-refractivity contribution in [3.8, 4) is 0 Å². The van der Waals surface area contributed by atoms with Gasteiger partial charge in [0.15, 0.2) is 17.5 Å². The molecule has 2 aromatic rings. The van der Waals surface area contributed by atoms with Gasteiger partial charge in [-0.05, 0) is 29.7 Å². The van der Waals surface area contributed by atoms with Crippen LogP contribution in [0.3, 0.4) is 0 Å². The fourth-order valence-electron chi connectivity index (χ4n) is 2.23. The number of carbonyl (C=O) groups excluding carboxylic acids is 1. The van der Waals surface area contributed by atoms with Crippen molar-refractivity contribution in [1.29, 1.82) is 0 Å². The second-order valence-electron chi connectivity index (χ2n) is 5.74. The van der Waals surface area contributed by atoms with Crippen molar-refractivity contribution in [3.63, 3.8) is 0 Å². The number of aryl methyl sites for hydroxylation is 1. The molecule has 0 aliphatic carbocycles. The number of nitrogens with one attached hydrogen (secondary N) is 1. The van der Waals surface area contributed by atoms with E-state index in [9.17, 15) is 23.1 Å². The third kappa shape index (κ3) is 3.59. The van der Waals surface area contributed by atoms with Gasteiger partial charge in [-0.2, -0.15) is 5.10 Å². The van der Waals surface area contributed by atoms with E-state index < -0.39 is 36.0 Å². The molecule has 1 unspecified atom stereocenters. The summed E-state index contributed by atoms with van der Waals surface area (Å²) in [6.07, 6.45) is 0. The maximum absolute atomic E-state index is 13.3. The molecule has 1 amide bonds. The number of hydrogen-bond acceptors (Lipinski definition) is 3. The van der Waals surface area contributed by atoms with E-state index in [0.717, 1.165) is 12.1 Å². The topological polar surface area (TPSA) is 67.2 Å². The third-order valence-corrected chi connectivity index (χ3v) is 3.62. The van der Waals surface area contributed by atoms with E-state index in [4.69, 9.17) is 0 Å². The zero-order valence-electron chi connectivity index (χ0n) is 13.5. The second kappa shape index (κ2) is 7.04. The first-order valence-electron chi connectivity index (χ1n) is 7.34. The van der Waals surface area contributed by atoms with Gasteiger partial charge < -0.3 is 10.4 Å². The molecular formula is C16H18F3N3O2. The molecule has 0 saturated carbocycles. The zero-order valence-corrected chi connectivity index (χ0v) is 13.5. The van der Waals surface area contributed by atoms with Gasteiger partial charge in [-0.3, -0.25) is 9.48 Å². The normalized spacial score (nSPS) is 12.5. The van der Waals surface area contributed by atoms with Crippen LogP contribution < -0.4 is 5.32 Å². The van der Waals surface area contributed by atoms with Gasteiger partial charge in [0.25, 0.3) is 5.91 Å². The standard InChI is InChI=1S/C16H18F3N3O2/c1-8(2)12-6-14(22(3)21-12)16(24)20-13(7-23)9-4-10(17)15(19)11(18)5-9/h4-6,8,13,23H,7H2,1-3H3,(H,20,24). The first kappa shape index (κ1) is 18.0. The van der Waals surface area contributed by atoms with E-state index >= 15 is 0 Å². The van der Waals surface area contributed by atoms with Crippen LogP contribution in [0.2, 0.25) is 0 Å². The van der Waals surface area contributed by atoms with E-state index in [1.165, 1.54) is 4.68 Å². The Balaban J connectivity index is 2.26. The fraction of sp³-hybridized carbons (Fsp3) is 0.375. The van der Waals surface area contributed by atoms with Gasteiger partial charge in [-0.15, -0.1) is 0 Å². The predicted molar refractivity (Wildman–Crippen MR) is 80.9 cm³/mol. The molecular weight excluding hydrogens is 323 g/mol. The molecule has 0 saturated heterocycles. The van der Waals surface area contributed by atoms with Gasteiger partial charge in [0, 0.05) is 7.05 Å². The largest absolute Gasteiger partial charge is 0.394 e. The van der Waals surface area contributed by atoms with Crippen molar-refractivity contribution in [2.75, 3.05) is 6.61 Å². The SMILES string of the molecule is CC(C)c1cc(C(=O)NC(CO)c2cc(F)c(F)c(F)c2)n(C)n1. The van der Waals surface area contributed by atoms with Crippen molar-refractivity contribution < 1.29 is 23.1 Å². The molecule has 5 nitrogen and oxygen atoms in total. The monoisotopic (exact) mass is 341 g/mol. The maximum atomic E-state index is 13.3. The molecule has 0 radical (unpaired) electrons. The Hall–Kier alpha value is -2.35. The minimum atomic E-state index is -1.60. The first-order chi connectivity index (χ1) is 11.2. The number of hydrogen-bond donors (Lipinski definition) is 2. The molecule has 8 heteroatoms. The minimum Gasteiger partial charge on any atom is -0.394 e. The van der Waals surface area contributed by atoms with E-state index in [-0.39, 0.29) is 17.2 Å². The highest BCUT2D eigenvalue weighted by Gasteiger charge is 2.21. The number of halogens is 3. The first-order valence-corrected chi connectivity index (χ1v) is 7.34. The molecule has 2 rings (SSSR count). The van der Waals surface area contributed by atoms with E-state index in [2.05, 4.69) is 10.4 Å². The number of amides is 1. The molecule has 2 N–H and O–H groups in total. The van der Waals surface area contributed by atoms with E-state index in [1.54, 1.807) is 13.1 Å². The van der Waals surface area contributed by atoms with Crippen LogP contribution in [0.1, 0.15) is 47.6 Å². The molecule has 0 bridgehead atoms. The van der Waals surface area contributed by atoms with Gasteiger partial charge >= 0.3 is 0 Å². The van der Waals surface area contributed by atoms with Crippen molar-refractivity contribution in [2.24, 2.45) is 7.05 Å². The third-order valence-electron chi connectivity index (χ3n) is 3.62. The Labute approximate surface area is 137 Å². The van der Waals surface area contributed by atoms with Crippen LogP contribution in [0.25, 0.3) is 0 Å². The summed E-state index contributed by atoms with van der Waals surface area (Å²) >= 11 is 0. The van der Waals surface area contributed by atoms with Crippen LogP contribution in [0.5, 0.6) is 0 Å². The van der Waals surface area contributed by atoms with E-state index in [1.807, 2.05) is 13.8 Å². The quantitative estimate of drug-likeness (QED) is 0.821. The summed E-state index contributed by atoms with van der Waals surface area (Å²) in [7, 11) is 1.59. The molecule has 1 atom stereocenters. The van der Waals surface area contributed by atoms with Crippen LogP contribution in [0.15, 0.2) is 18.2 Å². The van der Waals surface area contributed by atoms with Gasteiger partial charge in [0.2, 0.25) is 0 Å². The molecule has 0 spiro atoms. The lowest BCUT2D eigenvalue weighted by molar-refractivity contribution is 0.0906. The number of aliphatic hydroxyl groups excluding tert-OH is 1. The Morgan fingerprint density at radius 1 is 1.25 bits per heavy atom. The highest BCUT2D eigenvalue weighted by molar-refractivity contribution is 5.93. The second-order valence-corrected chi connectivity index (χ2v) is 5.74. The number of carbonyl (C=O) groups is 1. The summed E-state index contributed by atoms with van der Waals surface area (Å²) in [5.41, 5.74) is 0.871. The summed E-state index contributed by atoms with van der Waals surface area (Å²) in [6.45, 7) is 3.24. The van der Waals surface area contributed by atoms with E-state index in [0.29, 0.717) is 5.69 Å². The Morgan fingerprint density at radius 2 is 1.83 bits per heavy atom. The summed E-state index contributed by atoms with van der Waals surface area (Å²) in [5, 5.41) is 16.1. The van der Waals surface area contributed by atoms with Gasteiger partial charge in [0.05, 0.1) is 18.3 Å². The van der Waals surface area contributed by atoms with Crippen molar-refractivity contribution in [3.05, 3.63) is 52.6 Å². The lowest BCUT2D eigenvalue weighted by Crippen LogP contribution is -2.32. The summed E-state index contributed by atoms with van der Waals surface area (Å²) in [4.78, 5) is 12.3. The molecule has 1 heterocycles. The minimum absolute atomic E-state index is 0.0755. The number of aromatic nitrogens is 2. The van der Waals surface area contributed by atoms with Crippen LogP contribution >= 0.6 is 0 Å². The number of nitrogens with zero attached hydrogens (tertiary/aromatic N) is 2. The smallest absolute Gasteiger partial charge is 0.270 e. The predicted octanol–water partition coefficient (Wildman–Crippen LogP) is 2.42. The molecule has 1 aromatic carbocycles. The average molecular weight is 341 g/mol. The summed E-state index contributed by atoms with van der Waals surface area (Å²) in [6, 6.07) is 1.99. The van der Waals surface area contributed by atoms with Crippen LogP contribution in [0, 0.1) is 17.5 Å². The van der Waals surface area contributed by atoms with Crippen LogP contribution in [-0.2, 0) is 7.05 Å². The maximum Gasteiger partial charge on any atom is 0.270 e. The Kier molecular flexibility index (Phi) is 5.28. The van der Waals surface area contributed by atoms with Gasteiger partial charge in [0.1, 0.15) is 5.69 Å². The lowest BCUT2D eigenvalue weighted by atomic mass is 10.1. The van der Waals surface area contributed by atoms with Gasteiger partial charge in [-0.1, -0.05) is 13.8 Å². The molecule has 24 heavy (non-hydrogen) atoms. The fourth-order valence-corrected chi connectivity index (χ4v) is 2.23. The Bertz CT molecular complexity index is 736. The van der Waals surface area contributed by atoms with Gasteiger partial charge in [-0.25, -0.2) is 13.2 Å². The molecule has 0 aliphatic rings. The van der Waals surface area contributed by atoms with Crippen LogP contribution in [-0.4, -0.2) is 27.4 Å². The Morgan fingerprint density at radius 3 is 2.29 bits per heavy atom. The van der Waals surface area contributed by atoms with Crippen molar-refractivity contribution >= 4 is 5.91 Å². The number of rotatable bonds is 5. The molecule has 0 aliphatic heterocycles. The molecule has 130 valence electrons. The van der Waals surface area contributed by atoms with Crippen LogP contribution in [0.4, 0.5) is 13.2 Å².